The first-order valence-electron chi connectivity index (χ1n) is 9.44. The van der Waals surface area contributed by atoms with Gasteiger partial charge in [0.2, 0.25) is 5.91 Å². The van der Waals surface area contributed by atoms with Crippen LogP contribution in [0.4, 0.5) is 4.79 Å². The molecule has 1 unspecified atom stereocenters. The van der Waals surface area contributed by atoms with E-state index < -0.39 is 23.4 Å². The van der Waals surface area contributed by atoms with Crippen LogP contribution in [0, 0.1) is 18.3 Å². The summed E-state index contributed by atoms with van der Waals surface area (Å²) < 4.78 is 0. The summed E-state index contributed by atoms with van der Waals surface area (Å²) in [6, 6.07) is 16.0. The van der Waals surface area contributed by atoms with Gasteiger partial charge in [0.15, 0.2) is 0 Å². The molecule has 1 saturated heterocycles. The molecule has 7 nitrogen and oxygen atoms in total. The molecule has 154 valence electrons. The van der Waals surface area contributed by atoms with Crippen LogP contribution in [0.3, 0.4) is 0 Å². The SMILES string of the molecule is Cc1ccc(SCCNC(=O)CN2C(=O)NC(C)(c3cccc(C#N)c3)C2=O)cc1. The quantitative estimate of drug-likeness (QED) is 0.406. The number of amides is 4. The molecular weight excluding hydrogens is 400 g/mol. The molecule has 0 aromatic heterocycles. The molecule has 0 spiro atoms. The van der Waals surface area contributed by atoms with E-state index in [0.29, 0.717) is 23.4 Å². The van der Waals surface area contributed by atoms with Gasteiger partial charge in [-0.25, -0.2) is 4.79 Å². The highest BCUT2D eigenvalue weighted by atomic mass is 32.2. The number of rotatable bonds is 7. The Labute approximate surface area is 179 Å². The van der Waals surface area contributed by atoms with Crippen molar-refractivity contribution in [3.8, 4) is 6.07 Å². The van der Waals surface area contributed by atoms with Gasteiger partial charge in [-0.15, -0.1) is 11.8 Å². The van der Waals surface area contributed by atoms with Crippen molar-refractivity contribution in [2.75, 3.05) is 18.8 Å². The number of thioether (sulfide) groups is 1. The summed E-state index contributed by atoms with van der Waals surface area (Å²) in [7, 11) is 0. The zero-order valence-corrected chi connectivity index (χ0v) is 17.6. The maximum absolute atomic E-state index is 12.9. The van der Waals surface area contributed by atoms with Crippen LogP contribution in [-0.4, -0.2) is 41.6 Å². The number of urea groups is 1. The molecule has 1 fully saturated rings. The third-order valence-corrected chi connectivity index (χ3v) is 5.87. The van der Waals surface area contributed by atoms with Gasteiger partial charge in [0, 0.05) is 17.2 Å². The fourth-order valence-electron chi connectivity index (χ4n) is 3.13. The Balaban J connectivity index is 1.55. The second-order valence-corrected chi connectivity index (χ2v) is 8.32. The Hall–Kier alpha value is -3.31. The second kappa shape index (κ2) is 9.01. The van der Waals surface area contributed by atoms with E-state index >= 15 is 0 Å². The van der Waals surface area contributed by atoms with E-state index in [1.807, 2.05) is 37.3 Å². The number of carbonyl (C=O) groups is 3. The van der Waals surface area contributed by atoms with Crippen molar-refractivity contribution in [1.29, 1.82) is 5.26 Å². The van der Waals surface area contributed by atoms with E-state index in [4.69, 9.17) is 5.26 Å². The minimum atomic E-state index is -1.31. The first-order chi connectivity index (χ1) is 14.3. The van der Waals surface area contributed by atoms with Crippen LogP contribution in [0.15, 0.2) is 53.4 Å². The van der Waals surface area contributed by atoms with Crippen molar-refractivity contribution in [2.24, 2.45) is 0 Å². The summed E-state index contributed by atoms with van der Waals surface area (Å²) in [6.45, 7) is 3.66. The van der Waals surface area contributed by atoms with Gasteiger partial charge in [0.25, 0.3) is 5.91 Å². The average molecular weight is 423 g/mol. The summed E-state index contributed by atoms with van der Waals surface area (Å²) in [4.78, 5) is 39.5. The molecule has 2 N–H and O–H groups in total. The van der Waals surface area contributed by atoms with Crippen LogP contribution in [-0.2, 0) is 15.1 Å². The summed E-state index contributed by atoms with van der Waals surface area (Å²) in [5.41, 5.74) is 0.758. The van der Waals surface area contributed by atoms with E-state index in [2.05, 4.69) is 10.6 Å². The van der Waals surface area contributed by atoms with Crippen LogP contribution in [0.2, 0.25) is 0 Å². The van der Waals surface area contributed by atoms with E-state index in [9.17, 15) is 14.4 Å². The fourth-order valence-corrected chi connectivity index (χ4v) is 3.90. The van der Waals surface area contributed by atoms with Crippen molar-refractivity contribution in [2.45, 2.75) is 24.3 Å². The lowest BCUT2D eigenvalue weighted by Gasteiger charge is -2.22. The van der Waals surface area contributed by atoms with Crippen molar-refractivity contribution >= 4 is 29.6 Å². The minimum Gasteiger partial charge on any atom is -0.354 e. The molecule has 1 heterocycles. The van der Waals surface area contributed by atoms with E-state index in [1.165, 1.54) is 5.56 Å². The molecule has 0 aliphatic carbocycles. The van der Waals surface area contributed by atoms with E-state index in [-0.39, 0.29) is 6.54 Å². The molecule has 1 aliphatic rings. The number of nitrogens with one attached hydrogen (secondary N) is 2. The van der Waals surface area contributed by atoms with Crippen LogP contribution >= 0.6 is 11.8 Å². The topological polar surface area (TPSA) is 102 Å². The van der Waals surface area contributed by atoms with Crippen molar-refractivity contribution in [1.82, 2.24) is 15.5 Å². The van der Waals surface area contributed by atoms with Gasteiger partial charge in [0.1, 0.15) is 12.1 Å². The highest BCUT2D eigenvalue weighted by Crippen LogP contribution is 2.29. The molecule has 2 aromatic carbocycles. The number of benzene rings is 2. The third kappa shape index (κ3) is 4.63. The number of aryl methyl sites for hydroxylation is 1. The Morgan fingerprint density at radius 1 is 1.23 bits per heavy atom. The Kier molecular flexibility index (Phi) is 6.43. The molecule has 0 saturated carbocycles. The van der Waals surface area contributed by atoms with Crippen LogP contribution in [0.1, 0.15) is 23.6 Å². The van der Waals surface area contributed by atoms with Gasteiger partial charge >= 0.3 is 6.03 Å². The summed E-state index contributed by atoms with van der Waals surface area (Å²) in [5.74, 6) is -0.252. The largest absolute Gasteiger partial charge is 0.354 e. The molecule has 4 amide bonds. The monoisotopic (exact) mass is 422 g/mol. The Bertz CT molecular complexity index is 1020. The van der Waals surface area contributed by atoms with Crippen molar-refractivity contribution in [3.63, 3.8) is 0 Å². The minimum absolute atomic E-state index is 0.354. The van der Waals surface area contributed by atoms with Gasteiger partial charge < -0.3 is 10.6 Å². The summed E-state index contributed by atoms with van der Waals surface area (Å²) in [5, 5.41) is 14.5. The number of nitriles is 1. The molecule has 1 aliphatic heterocycles. The highest BCUT2D eigenvalue weighted by Gasteiger charge is 2.49. The molecule has 0 bridgehead atoms. The maximum Gasteiger partial charge on any atom is 0.325 e. The van der Waals surface area contributed by atoms with Gasteiger partial charge in [-0.05, 0) is 43.7 Å². The average Bonchev–Trinajstić information content (AvgIpc) is 2.96. The van der Waals surface area contributed by atoms with E-state index in [1.54, 1.807) is 43.0 Å². The van der Waals surface area contributed by atoms with Crippen LogP contribution in [0.5, 0.6) is 0 Å². The predicted octanol–water partition coefficient (Wildman–Crippen LogP) is 2.54. The zero-order chi connectivity index (χ0) is 21.7. The number of hydrogen-bond acceptors (Lipinski definition) is 5. The van der Waals surface area contributed by atoms with Gasteiger partial charge in [-0.3, -0.25) is 14.5 Å². The molecule has 1 atom stereocenters. The lowest BCUT2D eigenvalue weighted by atomic mass is 9.91. The fraction of sp³-hybridized carbons (Fsp3) is 0.273. The lowest BCUT2D eigenvalue weighted by Crippen LogP contribution is -2.43. The van der Waals surface area contributed by atoms with Gasteiger partial charge in [0.05, 0.1) is 11.6 Å². The number of carbonyl (C=O) groups excluding carboxylic acids is 3. The third-order valence-electron chi connectivity index (χ3n) is 4.86. The van der Waals surface area contributed by atoms with Crippen LogP contribution < -0.4 is 10.6 Å². The van der Waals surface area contributed by atoms with E-state index in [0.717, 1.165) is 9.80 Å². The molecule has 2 aromatic rings. The molecular formula is C22H22N4O3S. The standard InChI is InChI=1S/C22H22N4O3S/c1-15-6-8-18(9-7-15)30-11-10-24-19(27)14-26-20(28)22(2,25-21(26)29)17-5-3-4-16(12-17)13-23/h3-9,12H,10-11,14H2,1-2H3,(H,24,27)(H,25,29). The second-order valence-electron chi connectivity index (χ2n) is 7.15. The number of imide groups is 1. The number of nitrogens with zero attached hydrogens (tertiary/aromatic N) is 2. The zero-order valence-electron chi connectivity index (χ0n) is 16.8. The van der Waals surface area contributed by atoms with Crippen molar-refractivity contribution in [3.05, 3.63) is 65.2 Å². The normalized spacial score (nSPS) is 18.1. The summed E-state index contributed by atoms with van der Waals surface area (Å²) >= 11 is 1.61. The molecule has 3 rings (SSSR count). The number of hydrogen-bond donors (Lipinski definition) is 2. The summed E-state index contributed by atoms with van der Waals surface area (Å²) in [6.07, 6.45) is 0. The highest BCUT2D eigenvalue weighted by molar-refractivity contribution is 7.99. The first kappa shape index (κ1) is 21.4. The lowest BCUT2D eigenvalue weighted by molar-refractivity contribution is -0.134. The van der Waals surface area contributed by atoms with Crippen molar-refractivity contribution < 1.29 is 14.4 Å². The molecule has 30 heavy (non-hydrogen) atoms. The van der Waals surface area contributed by atoms with Gasteiger partial charge in [-0.1, -0.05) is 29.8 Å². The first-order valence-corrected chi connectivity index (χ1v) is 10.4. The molecule has 8 heteroatoms. The maximum atomic E-state index is 12.9. The van der Waals surface area contributed by atoms with Gasteiger partial charge in [-0.2, -0.15) is 5.26 Å². The Morgan fingerprint density at radius 3 is 2.67 bits per heavy atom. The predicted molar refractivity (Wildman–Crippen MR) is 114 cm³/mol. The van der Waals surface area contributed by atoms with Crippen LogP contribution in [0.25, 0.3) is 0 Å². The molecule has 0 radical (unpaired) electrons. The smallest absolute Gasteiger partial charge is 0.325 e. The Morgan fingerprint density at radius 2 is 1.97 bits per heavy atom.